The summed E-state index contributed by atoms with van der Waals surface area (Å²) in [4.78, 5) is 10.8. The summed E-state index contributed by atoms with van der Waals surface area (Å²) in [6.45, 7) is 0. The van der Waals surface area contributed by atoms with Crippen molar-refractivity contribution in [3.63, 3.8) is 0 Å². The molecule has 1 aromatic carbocycles. The number of hydrogen-bond acceptors (Lipinski definition) is 1. The maximum Gasteiger partial charge on any atom is 0.170 e. The lowest BCUT2D eigenvalue weighted by molar-refractivity contribution is -0.112. The lowest BCUT2D eigenvalue weighted by atomic mass is 10.2. The molecule has 0 atom stereocenters. The summed E-state index contributed by atoms with van der Waals surface area (Å²) in [5.74, 6) is -0.123. The highest BCUT2D eigenvalue weighted by Gasteiger charge is 1.95. The van der Waals surface area contributed by atoms with Crippen molar-refractivity contribution in [1.29, 1.82) is 0 Å². The van der Waals surface area contributed by atoms with Gasteiger partial charge in [-0.05, 0) is 23.8 Å². The fraction of sp³-hybridized carbons (Fsp3) is 0.100. The maximum atomic E-state index is 10.8. The Bertz CT molecular complexity index is 331. The van der Waals surface area contributed by atoms with Gasteiger partial charge in [0.25, 0.3) is 0 Å². The van der Waals surface area contributed by atoms with Gasteiger partial charge in [-0.1, -0.05) is 29.8 Å². The number of alkyl halides is 1. The predicted octanol–water partition coefficient (Wildman–Crippen LogP) is 3.16. The highest BCUT2D eigenvalue weighted by atomic mass is 35.5. The van der Waals surface area contributed by atoms with Crippen LogP contribution in [0.3, 0.4) is 0 Å². The third-order valence-electron chi connectivity index (χ3n) is 1.49. The zero-order valence-corrected chi connectivity index (χ0v) is 8.35. The third-order valence-corrected chi connectivity index (χ3v) is 2.09. The zero-order chi connectivity index (χ0) is 9.68. The van der Waals surface area contributed by atoms with Gasteiger partial charge in [-0.2, -0.15) is 0 Å². The van der Waals surface area contributed by atoms with E-state index in [0.29, 0.717) is 5.02 Å². The topological polar surface area (TPSA) is 17.1 Å². The normalized spacial score (nSPS) is 10.6. The van der Waals surface area contributed by atoms with Crippen LogP contribution in [0.25, 0.3) is 6.08 Å². The fourth-order valence-electron chi connectivity index (χ4n) is 0.838. The molecule has 0 radical (unpaired) electrons. The average molecular weight is 215 g/mol. The Hall–Kier alpha value is -0.790. The number of carbonyl (C=O) groups is 1. The number of ketones is 1. The van der Waals surface area contributed by atoms with Crippen LogP contribution < -0.4 is 0 Å². The Morgan fingerprint density at radius 1 is 1.38 bits per heavy atom. The predicted molar refractivity (Wildman–Crippen MR) is 56.2 cm³/mol. The van der Waals surface area contributed by atoms with Crippen LogP contribution in [0.5, 0.6) is 0 Å². The van der Waals surface area contributed by atoms with Crippen LogP contribution >= 0.6 is 23.2 Å². The molecular weight excluding hydrogens is 207 g/mol. The number of allylic oxidation sites excluding steroid dienone is 1. The maximum absolute atomic E-state index is 10.8. The second-order valence-electron chi connectivity index (χ2n) is 2.45. The monoisotopic (exact) mass is 214 g/mol. The smallest absolute Gasteiger partial charge is 0.170 e. The molecule has 0 aliphatic heterocycles. The van der Waals surface area contributed by atoms with Crippen molar-refractivity contribution in [2.45, 2.75) is 0 Å². The van der Waals surface area contributed by atoms with Crippen molar-refractivity contribution in [2.75, 3.05) is 5.88 Å². The molecule has 0 amide bonds. The molecule has 0 fully saturated rings. The van der Waals surface area contributed by atoms with E-state index in [-0.39, 0.29) is 11.7 Å². The number of benzene rings is 1. The molecule has 0 unspecified atom stereocenters. The molecule has 1 nitrogen and oxygen atoms in total. The highest BCUT2D eigenvalue weighted by molar-refractivity contribution is 6.32. The second-order valence-corrected chi connectivity index (χ2v) is 3.13. The van der Waals surface area contributed by atoms with E-state index >= 15 is 0 Å². The first-order chi connectivity index (χ1) is 6.24. The first kappa shape index (κ1) is 10.3. The number of halogens is 2. The minimum atomic E-state index is -0.124. The first-order valence-corrected chi connectivity index (χ1v) is 4.66. The summed E-state index contributed by atoms with van der Waals surface area (Å²) < 4.78 is 0. The largest absolute Gasteiger partial charge is 0.294 e. The van der Waals surface area contributed by atoms with Gasteiger partial charge in [-0.15, -0.1) is 11.6 Å². The summed E-state index contributed by atoms with van der Waals surface area (Å²) >= 11 is 11.2. The molecule has 0 heterocycles. The van der Waals surface area contributed by atoms with Crippen LogP contribution in [0, 0.1) is 0 Å². The number of rotatable bonds is 3. The summed E-state index contributed by atoms with van der Waals surface area (Å²) in [5, 5.41) is 0.626. The van der Waals surface area contributed by atoms with Crippen molar-refractivity contribution in [2.24, 2.45) is 0 Å². The Morgan fingerprint density at radius 2 is 2.08 bits per heavy atom. The molecule has 0 spiro atoms. The van der Waals surface area contributed by atoms with Gasteiger partial charge in [0, 0.05) is 5.02 Å². The molecule has 0 aliphatic carbocycles. The summed E-state index contributed by atoms with van der Waals surface area (Å²) in [7, 11) is 0. The number of carbonyl (C=O) groups excluding carboxylic acids is 1. The molecule has 0 saturated heterocycles. The van der Waals surface area contributed by atoms with Crippen molar-refractivity contribution >= 4 is 35.1 Å². The number of hydrogen-bond donors (Lipinski definition) is 0. The molecule has 0 aliphatic rings. The van der Waals surface area contributed by atoms with Gasteiger partial charge < -0.3 is 0 Å². The molecule has 0 aromatic heterocycles. The van der Waals surface area contributed by atoms with Crippen LogP contribution in [0.15, 0.2) is 30.3 Å². The van der Waals surface area contributed by atoms with Gasteiger partial charge in [0.15, 0.2) is 5.78 Å². The van der Waals surface area contributed by atoms with E-state index in [0.717, 1.165) is 5.56 Å². The standard InChI is InChI=1S/C10H8Cl2O/c11-7-9(13)6-5-8-3-1-2-4-10(8)12/h1-6H,7H2/b6-5-. The van der Waals surface area contributed by atoms with Crippen molar-refractivity contribution in [3.05, 3.63) is 40.9 Å². The van der Waals surface area contributed by atoms with Gasteiger partial charge in [0.1, 0.15) is 0 Å². The Morgan fingerprint density at radius 3 is 2.69 bits per heavy atom. The SMILES string of the molecule is O=C(/C=C\c1ccccc1Cl)CCl. The summed E-state index contributed by atoms with van der Waals surface area (Å²) in [6, 6.07) is 7.30. The third kappa shape index (κ3) is 3.21. The highest BCUT2D eigenvalue weighted by Crippen LogP contribution is 2.16. The molecule has 1 rings (SSSR count). The van der Waals surface area contributed by atoms with Gasteiger partial charge in [-0.25, -0.2) is 0 Å². The quantitative estimate of drug-likeness (QED) is 0.559. The van der Waals surface area contributed by atoms with E-state index in [1.54, 1.807) is 12.1 Å². The zero-order valence-electron chi connectivity index (χ0n) is 6.84. The average Bonchev–Trinajstić information content (AvgIpc) is 2.16. The molecule has 0 N–H and O–H groups in total. The van der Waals surface area contributed by atoms with E-state index < -0.39 is 0 Å². The lowest BCUT2D eigenvalue weighted by Gasteiger charge is -1.95. The fourth-order valence-corrected chi connectivity index (χ4v) is 1.13. The molecule has 0 bridgehead atoms. The van der Waals surface area contributed by atoms with Crippen molar-refractivity contribution in [3.8, 4) is 0 Å². The van der Waals surface area contributed by atoms with Gasteiger partial charge in [0.2, 0.25) is 0 Å². The Labute approximate surface area is 87.0 Å². The molecule has 0 saturated carbocycles. The lowest BCUT2D eigenvalue weighted by Crippen LogP contribution is -1.91. The molecule has 68 valence electrons. The molecule has 1 aromatic rings. The van der Waals surface area contributed by atoms with Gasteiger partial charge in [0.05, 0.1) is 5.88 Å². The van der Waals surface area contributed by atoms with Crippen molar-refractivity contribution in [1.82, 2.24) is 0 Å². The van der Waals surface area contributed by atoms with Crippen LogP contribution in [-0.2, 0) is 4.79 Å². The second kappa shape index (κ2) is 5.05. The van der Waals surface area contributed by atoms with Crippen LogP contribution in [0.2, 0.25) is 5.02 Å². The van der Waals surface area contributed by atoms with Crippen LogP contribution in [0.1, 0.15) is 5.56 Å². The first-order valence-electron chi connectivity index (χ1n) is 3.75. The van der Waals surface area contributed by atoms with E-state index in [4.69, 9.17) is 23.2 Å². The molecule has 3 heteroatoms. The summed E-state index contributed by atoms with van der Waals surface area (Å²) in [5.41, 5.74) is 0.822. The van der Waals surface area contributed by atoms with Gasteiger partial charge >= 0.3 is 0 Å². The van der Waals surface area contributed by atoms with E-state index in [2.05, 4.69) is 0 Å². The molecular formula is C10H8Cl2O. The summed E-state index contributed by atoms with van der Waals surface area (Å²) in [6.07, 6.45) is 3.08. The Balaban J connectivity index is 2.80. The van der Waals surface area contributed by atoms with Crippen molar-refractivity contribution < 1.29 is 4.79 Å². The van der Waals surface area contributed by atoms with E-state index in [1.165, 1.54) is 6.08 Å². The van der Waals surface area contributed by atoms with Crippen LogP contribution in [0.4, 0.5) is 0 Å². The minimum Gasteiger partial charge on any atom is -0.294 e. The van der Waals surface area contributed by atoms with E-state index in [9.17, 15) is 4.79 Å². The van der Waals surface area contributed by atoms with E-state index in [1.807, 2.05) is 18.2 Å². The minimum absolute atomic E-state index is 0.000945. The Kier molecular flexibility index (Phi) is 4.00. The molecule has 13 heavy (non-hydrogen) atoms. The van der Waals surface area contributed by atoms with Crippen LogP contribution in [-0.4, -0.2) is 11.7 Å². The van der Waals surface area contributed by atoms with Gasteiger partial charge in [-0.3, -0.25) is 4.79 Å².